The molecule has 0 amide bonds. The quantitative estimate of drug-likeness (QED) is 0.804. The van der Waals surface area contributed by atoms with Crippen LogP contribution in [0.15, 0.2) is 9.22 Å². The molecule has 2 rings (SSSR count). The summed E-state index contributed by atoms with van der Waals surface area (Å²) in [5.74, 6) is 0.918. The van der Waals surface area contributed by atoms with Crippen molar-refractivity contribution in [2.45, 2.75) is 25.8 Å². The van der Waals surface area contributed by atoms with E-state index in [1.165, 1.54) is 12.8 Å². The second-order valence-corrected chi connectivity index (χ2v) is 3.74. The molecule has 1 fully saturated rings. The molecule has 1 unspecified atom stereocenters. The van der Waals surface area contributed by atoms with E-state index in [1.54, 1.807) is 0 Å². The molecule has 1 N–H and O–H groups in total. The van der Waals surface area contributed by atoms with Crippen molar-refractivity contribution in [1.82, 2.24) is 10.3 Å². The zero-order valence-electron chi connectivity index (χ0n) is 6.93. The largest absolute Gasteiger partial charge is 0.436 e. The van der Waals surface area contributed by atoms with Gasteiger partial charge in [-0.25, -0.2) is 4.98 Å². The topological polar surface area (TPSA) is 38.1 Å². The summed E-state index contributed by atoms with van der Waals surface area (Å²) in [5.41, 5.74) is 1.05. The third-order valence-corrected chi connectivity index (χ3v) is 2.54. The van der Waals surface area contributed by atoms with Crippen molar-refractivity contribution in [2.24, 2.45) is 0 Å². The monoisotopic (exact) mass is 230 g/mol. The third-order valence-electron chi connectivity index (χ3n) is 2.20. The molecule has 66 valence electrons. The number of oxazole rings is 1. The lowest BCUT2D eigenvalue weighted by Gasteiger charge is -2.05. The van der Waals surface area contributed by atoms with Crippen LogP contribution in [0, 0.1) is 6.92 Å². The smallest absolute Gasteiger partial charge is 0.264 e. The summed E-state index contributed by atoms with van der Waals surface area (Å²) in [6.45, 7) is 3.04. The van der Waals surface area contributed by atoms with E-state index in [1.807, 2.05) is 6.92 Å². The van der Waals surface area contributed by atoms with E-state index in [-0.39, 0.29) is 0 Å². The molecule has 4 heteroatoms. The highest BCUT2D eigenvalue weighted by atomic mass is 79.9. The van der Waals surface area contributed by atoms with E-state index < -0.39 is 0 Å². The molecule has 1 aromatic rings. The number of hydrogen-bond acceptors (Lipinski definition) is 3. The van der Waals surface area contributed by atoms with Gasteiger partial charge < -0.3 is 9.73 Å². The third kappa shape index (κ3) is 1.41. The summed E-state index contributed by atoms with van der Waals surface area (Å²) in [6.07, 6.45) is 2.40. The number of rotatable bonds is 1. The van der Waals surface area contributed by atoms with Gasteiger partial charge in [-0.15, -0.1) is 0 Å². The Morgan fingerprint density at radius 3 is 3.00 bits per heavy atom. The Balaban J connectivity index is 2.25. The van der Waals surface area contributed by atoms with E-state index >= 15 is 0 Å². The van der Waals surface area contributed by atoms with Crippen LogP contribution in [0.4, 0.5) is 0 Å². The van der Waals surface area contributed by atoms with Crippen LogP contribution in [-0.2, 0) is 0 Å². The molecule has 0 saturated carbocycles. The Bertz CT molecular complexity index is 279. The van der Waals surface area contributed by atoms with Crippen LogP contribution in [0.3, 0.4) is 0 Å². The SMILES string of the molecule is Cc1oc(Br)nc1C1CCCN1. The average molecular weight is 231 g/mol. The lowest BCUT2D eigenvalue weighted by Crippen LogP contribution is -2.13. The van der Waals surface area contributed by atoms with Gasteiger partial charge in [-0.3, -0.25) is 0 Å². The Hall–Kier alpha value is -0.350. The molecular formula is C8H11BrN2O. The van der Waals surface area contributed by atoms with Gasteiger partial charge in [-0.1, -0.05) is 0 Å². The van der Waals surface area contributed by atoms with Crippen LogP contribution in [0.2, 0.25) is 0 Å². The molecule has 1 atom stereocenters. The molecular weight excluding hydrogens is 220 g/mol. The molecule has 1 aliphatic rings. The Morgan fingerprint density at radius 2 is 2.50 bits per heavy atom. The highest BCUT2D eigenvalue weighted by Crippen LogP contribution is 2.26. The van der Waals surface area contributed by atoms with Gasteiger partial charge in [0.2, 0.25) is 0 Å². The van der Waals surface area contributed by atoms with Crippen molar-refractivity contribution in [3.05, 3.63) is 16.3 Å². The summed E-state index contributed by atoms with van der Waals surface area (Å²) < 4.78 is 5.29. The molecule has 1 aliphatic heterocycles. The predicted octanol–water partition coefficient (Wildman–Crippen LogP) is 2.17. The van der Waals surface area contributed by atoms with Gasteiger partial charge in [0, 0.05) is 15.9 Å². The van der Waals surface area contributed by atoms with Gasteiger partial charge in [0.15, 0.2) is 0 Å². The van der Waals surface area contributed by atoms with E-state index in [2.05, 4.69) is 26.2 Å². The van der Waals surface area contributed by atoms with Gasteiger partial charge in [0.05, 0.1) is 11.7 Å². The summed E-state index contributed by atoms with van der Waals surface area (Å²) in [6, 6.07) is 0.403. The zero-order valence-corrected chi connectivity index (χ0v) is 8.52. The highest BCUT2D eigenvalue weighted by Gasteiger charge is 2.22. The summed E-state index contributed by atoms with van der Waals surface area (Å²) in [4.78, 5) is 4.87. The summed E-state index contributed by atoms with van der Waals surface area (Å²) in [5, 5.41) is 3.38. The fraction of sp³-hybridized carbons (Fsp3) is 0.625. The maximum atomic E-state index is 5.29. The minimum atomic E-state index is 0.403. The van der Waals surface area contributed by atoms with Crippen LogP contribution in [0.5, 0.6) is 0 Å². The number of aromatic nitrogens is 1. The first-order chi connectivity index (χ1) is 5.77. The number of aryl methyl sites for hydroxylation is 1. The van der Waals surface area contributed by atoms with Crippen molar-refractivity contribution in [1.29, 1.82) is 0 Å². The lowest BCUT2D eigenvalue weighted by molar-refractivity contribution is 0.494. The van der Waals surface area contributed by atoms with E-state index in [0.29, 0.717) is 10.8 Å². The highest BCUT2D eigenvalue weighted by molar-refractivity contribution is 9.10. The van der Waals surface area contributed by atoms with Crippen molar-refractivity contribution < 1.29 is 4.42 Å². The van der Waals surface area contributed by atoms with Gasteiger partial charge >= 0.3 is 0 Å². The fourth-order valence-corrected chi connectivity index (χ4v) is 2.05. The Kier molecular flexibility index (Phi) is 2.19. The molecule has 3 nitrogen and oxygen atoms in total. The standard InChI is InChI=1S/C8H11BrN2O/c1-5-7(11-8(9)12-5)6-3-2-4-10-6/h6,10H,2-4H2,1H3. The van der Waals surface area contributed by atoms with Crippen LogP contribution < -0.4 is 5.32 Å². The molecule has 0 aliphatic carbocycles. The predicted molar refractivity (Wildman–Crippen MR) is 48.9 cm³/mol. The molecule has 0 bridgehead atoms. The van der Waals surface area contributed by atoms with Crippen LogP contribution in [-0.4, -0.2) is 11.5 Å². The van der Waals surface area contributed by atoms with Crippen molar-refractivity contribution in [2.75, 3.05) is 6.54 Å². The lowest BCUT2D eigenvalue weighted by atomic mass is 10.1. The second kappa shape index (κ2) is 3.18. The molecule has 2 heterocycles. The minimum absolute atomic E-state index is 0.403. The van der Waals surface area contributed by atoms with Gasteiger partial charge in [-0.2, -0.15) is 0 Å². The normalized spacial score (nSPS) is 23.3. The minimum Gasteiger partial charge on any atom is -0.436 e. The van der Waals surface area contributed by atoms with Crippen molar-refractivity contribution in [3.8, 4) is 0 Å². The fourth-order valence-electron chi connectivity index (χ4n) is 1.62. The zero-order chi connectivity index (χ0) is 8.55. The van der Waals surface area contributed by atoms with Crippen LogP contribution in [0.1, 0.15) is 30.3 Å². The van der Waals surface area contributed by atoms with Crippen molar-refractivity contribution >= 4 is 15.9 Å². The maximum Gasteiger partial charge on any atom is 0.264 e. The summed E-state index contributed by atoms with van der Waals surface area (Å²) >= 11 is 3.22. The van der Waals surface area contributed by atoms with E-state index in [4.69, 9.17) is 4.42 Å². The molecule has 1 saturated heterocycles. The molecule has 1 aromatic heterocycles. The van der Waals surface area contributed by atoms with Gasteiger partial charge in [0.1, 0.15) is 5.76 Å². The molecule has 0 radical (unpaired) electrons. The first-order valence-corrected chi connectivity index (χ1v) is 4.93. The second-order valence-electron chi connectivity index (χ2n) is 3.06. The molecule has 12 heavy (non-hydrogen) atoms. The number of nitrogens with one attached hydrogen (secondary N) is 1. The molecule has 0 spiro atoms. The first kappa shape index (κ1) is 8.26. The maximum absolute atomic E-state index is 5.29. The Labute approximate surface area is 79.7 Å². The first-order valence-electron chi connectivity index (χ1n) is 4.13. The van der Waals surface area contributed by atoms with Crippen LogP contribution >= 0.6 is 15.9 Å². The van der Waals surface area contributed by atoms with Crippen LogP contribution in [0.25, 0.3) is 0 Å². The van der Waals surface area contributed by atoms with E-state index in [9.17, 15) is 0 Å². The number of hydrogen-bond donors (Lipinski definition) is 1. The van der Waals surface area contributed by atoms with Crippen molar-refractivity contribution in [3.63, 3.8) is 0 Å². The Morgan fingerprint density at radius 1 is 1.67 bits per heavy atom. The summed E-state index contributed by atoms with van der Waals surface area (Å²) in [7, 11) is 0. The number of halogens is 1. The molecule has 0 aromatic carbocycles. The average Bonchev–Trinajstić information content (AvgIpc) is 2.58. The number of nitrogens with zero attached hydrogens (tertiary/aromatic N) is 1. The van der Waals surface area contributed by atoms with E-state index in [0.717, 1.165) is 18.0 Å². The van der Waals surface area contributed by atoms with Gasteiger partial charge in [0.25, 0.3) is 4.80 Å². The van der Waals surface area contributed by atoms with Gasteiger partial charge in [-0.05, 0) is 26.3 Å².